The highest BCUT2D eigenvalue weighted by molar-refractivity contribution is 5.70. The molecule has 0 radical (unpaired) electrons. The van der Waals surface area contributed by atoms with Crippen molar-refractivity contribution in [1.82, 2.24) is 0 Å². The number of rotatable bonds is 36. The molecule has 2 fully saturated rings. The summed E-state index contributed by atoms with van der Waals surface area (Å²) < 4.78 is 33.3. The first-order valence-corrected chi connectivity index (χ1v) is 23.9. The minimum Gasteiger partial charge on any atom is -0.462 e. The van der Waals surface area contributed by atoms with Crippen LogP contribution in [-0.4, -0.2) is 142 Å². The van der Waals surface area contributed by atoms with Crippen LogP contribution < -0.4 is 0 Å². The van der Waals surface area contributed by atoms with Gasteiger partial charge in [0.1, 0.15) is 55.4 Å². The maximum absolute atomic E-state index is 12.9. The molecule has 0 aromatic carbocycles. The molecule has 0 aromatic heterocycles. The van der Waals surface area contributed by atoms with Gasteiger partial charge in [-0.1, -0.05) is 134 Å². The number of unbranched alkanes of at least 4 members (excludes halogenated alkanes) is 18. The van der Waals surface area contributed by atoms with Crippen molar-refractivity contribution in [1.29, 1.82) is 0 Å². The maximum atomic E-state index is 12.9. The first-order chi connectivity index (χ1) is 30.0. The lowest BCUT2D eigenvalue weighted by molar-refractivity contribution is -0.332. The van der Waals surface area contributed by atoms with Crippen LogP contribution in [0.25, 0.3) is 0 Å². The van der Waals surface area contributed by atoms with E-state index in [1.54, 1.807) is 0 Å². The van der Waals surface area contributed by atoms with E-state index < -0.39 is 92.7 Å². The Kier molecular flexibility index (Phi) is 31.9. The van der Waals surface area contributed by atoms with Gasteiger partial charge >= 0.3 is 11.9 Å². The number of carbonyl (C=O) groups is 2. The number of hydrogen-bond acceptors (Lipinski definition) is 15. The Morgan fingerprint density at radius 3 is 1.50 bits per heavy atom. The molecular weight excluding hydrogens is 805 g/mol. The summed E-state index contributed by atoms with van der Waals surface area (Å²) in [7, 11) is 0. The molecule has 15 nitrogen and oxygen atoms in total. The molecule has 2 aliphatic heterocycles. The van der Waals surface area contributed by atoms with E-state index in [0.29, 0.717) is 12.8 Å². The standard InChI is InChI=1S/C47H84O15/c1-3-5-7-9-10-11-12-13-14-15-16-17-18-19-20-21-22-23-24-26-28-30-39(50)60-35(32-57-38(49)29-27-25-8-6-4-2)33-58-46-45(56)43(54)41(52)37(62-46)34-59-47-44(55)42(53)40(51)36(31-48)61-47/h12-13,15-16,35-37,40-48,51-56H,3-11,14,17-34H2,1-2H3/b13-12-,16-15-. The number of aliphatic hydroxyl groups excluding tert-OH is 7. The van der Waals surface area contributed by atoms with Crippen molar-refractivity contribution in [2.24, 2.45) is 0 Å². The minimum atomic E-state index is -1.76. The quantitative estimate of drug-likeness (QED) is 0.0231. The third kappa shape index (κ3) is 23.8. The molecule has 2 heterocycles. The van der Waals surface area contributed by atoms with E-state index in [1.807, 2.05) is 0 Å². The molecule has 0 aromatic rings. The Labute approximate surface area is 371 Å². The molecule has 2 aliphatic rings. The highest BCUT2D eigenvalue weighted by Crippen LogP contribution is 2.26. The summed E-state index contributed by atoms with van der Waals surface area (Å²) in [6.45, 7) is 2.46. The van der Waals surface area contributed by atoms with E-state index in [4.69, 9.17) is 28.4 Å². The molecule has 362 valence electrons. The lowest BCUT2D eigenvalue weighted by Crippen LogP contribution is -2.61. The van der Waals surface area contributed by atoms with Gasteiger partial charge in [0.25, 0.3) is 0 Å². The van der Waals surface area contributed by atoms with Crippen LogP contribution in [0.2, 0.25) is 0 Å². The average molecular weight is 889 g/mol. The predicted molar refractivity (Wildman–Crippen MR) is 234 cm³/mol. The van der Waals surface area contributed by atoms with E-state index in [-0.39, 0.29) is 26.1 Å². The summed E-state index contributed by atoms with van der Waals surface area (Å²) in [6, 6.07) is 0. The second kappa shape index (κ2) is 35.3. The Morgan fingerprint density at radius 2 is 0.968 bits per heavy atom. The smallest absolute Gasteiger partial charge is 0.306 e. The van der Waals surface area contributed by atoms with Crippen molar-refractivity contribution in [3.63, 3.8) is 0 Å². The SMILES string of the molecule is CCCCCCC/C=C\C/C=C\CCCCCCCCCCCC(=O)OC(COC(=O)CCCCCCC)COC1OC(COC2OC(CO)C(O)C(O)C2O)C(O)C(O)C1O. The van der Waals surface area contributed by atoms with Crippen molar-refractivity contribution in [3.8, 4) is 0 Å². The van der Waals surface area contributed by atoms with Gasteiger partial charge in [0.15, 0.2) is 18.7 Å². The highest BCUT2D eigenvalue weighted by atomic mass is 16.7. The van der Waals surface area contributed by atoms with Crippen LogP contribution in [0.4, 0.5) is 0 Å². The number of ether oxygens (including phenoxy) is 6. The van der Waals surface area contributed by atoms with Crippen LogP contribution in [0.1, 0.15) is 168 Å². The number of allylic oxidation sites excluding steroid dienone is 4. The number of carbonyl (C=O) groups excluding carboxylic acids is 2. The van der Waals surface area contributed by atoms with E-state index in [2.05, 4.69) is 38.2 Å². The van der Waals surface area contributed by atoms with Crippen molar-refractivity contribution in [2.75, 3.05) is 26.4 Å². The normalized spacial score (nSPS) is 27.2. The molecular formula is C47H84O15. The molecule has 0 saturated carbocycles. The summed E-state index contributed by atoms with van der Waals surface area (Å²) in [4.78, 5) is 25.4. The molecule has 7 N–H and O–H groups in total. The number of esters is 2. The molecule has 2 rings (SSSR count). The van der Waals surface area contributed by atoms with E-state index >= 15 is 0 Å². The van der Waals surface area contributed by atoms with Crippen molar-refractivity contribution in [3.05, 3.63) is 24.3 Å². The van der Waals surface area contributed by atoms with Gasteiger partial charge in [0, 0.05) is 12.8 Å². The van der Waals surface area contributed by atoms with Crippen LogP contribution in [0, 0.1) is 0 Å². The Morgan fingerprint density at radius 1 is 0.516 bits per heavy atom. The first kappa shape index (κ1) is 56.1. The molecule has 0 bridgehead atoms. The van der Waals surface area contributed by atoms with Gasteiger partial charge in [-0.25, -0.2) is 0 Å². The fraction of sp³-hybridized carbons (Fsp3) is 0.872. The topological polar surface area (TPSA) is 231 Å². The second-order valence-corrected chi connectivity index (χ2v) is 16.9. The van der Waals surface area contributed by atoms with Crippen LogP contribution in [0.3, 0.4) is 0 Å². The monoisotopic (exact) mass is 889 g/mol. The number of hydrogen-bond donors (Lipinski definition) is 7. The summed E-state index contributed by atoms with van der Waals surface area (Å²) in [5.41, 5.74) is 0. The Bertz CT molecular complexity index is 1180. The summed E-state index contributed by atoms with van der Waals surface area (Å²) in [5.74, 6) is -0.942. The molecule has 62 heavy (non-hydrogen) atoms. The van der Waals surface area contributed by atoms with E-state index in [1.165, 1.54) is 64.2 Å². The van der Waals surface area contributed by atoms with E-state index in [9.17, 15) is 45.3 Å². The zero-order valence-corrected chi connectivity index (χ0v) is 37.9. The third-order valence-corrected chi connectivity index (χ3v) is 11.4. The third-order valence-electron chi connectivity index (χ3n) is 11.4. The van der Waals surface area contributed by atoms with Crippen LogP contribution >= 0.6 is 0 Å². The van der Waals surface area contributed by atoms with Crippen LogP contribution in [0.5, 0.6) is 0 Å². The zero-order valence-electron chi connectivity index (χ0n) is 37.9. The Balaban J connectivity index is 1.74. The molecule has 15 heteroatoms. The molecule has 11 unspecified atom stereocenters. The summed E-state index contributed by atoms with van der Waals surface area (Å²) >= 11 is 0. The van der Waals surface area contributed by atoms with Crippen LogP contribution in [0.15, 0.2) is 24.3 Å². The van der Waals surface area contributed by atoms with Gasteiger partial charge in [-0.3, -0.25) is 9.59 Å². The van der Waals surface area contributed by atoms with E-state index in [0.717, 1.165) is 64.2 Å². The second-order valence-electron chi connectivity index (χ2n) is 16.9. The van der Waals surface area contributed by atoms with Gasteiger partial charge < -0.3 is 64.2 Å². The average Bonchev–Trinajstić information content (AvgIpc) is 3.26. The summed E-state index contributed by atoms with van der Waals surface area (Å²) in [6.07, 6.45) is 17.0. The van der Waals surface area contributed by atoms with Gasteiger partial charge in [0.2, 0.25) is 0 Å². The fourth-order valence-electron chi connectivity index (χ4n) is 7.42. The lowest BCUT2D eigenvalue weighted by atomic mass is 9.98. The fourth-order valence-corrected chi connectivity index (χ4v) is 7.42. The van der Waals surface area contributed by atoms with Gasteiger partial charge in [-0.05, 0) is 44.9 Å². The number of aliphatic hydroxyl groups is 7. The van der Waals surface area contributed by atoms with Crippen molar-refractivity contribution >= 4 is 11.9 Å². The summed E-state index contributed by atoms with van der Waals surface area (Å²) in [5, 5.41) is 71.7. The molecule has 0 aliphatic carbocycles. The minimum absolute atomic E-state index is 0.162. The predicted octanol–water partition coefficient (Wildman–Crippen LogP) is 5.60. The molecule has 0 amide bonds. The maximum Gasteiger partial charge on any atom is 0.306 e. The Hall–Kier alpha value is -2.02. The molecule has 2 saturated heterocycles. The van der Waals surface area contributed by atoms with Crippen molar-refractivity contribution in [2.45, 2.75) is 235 Å². The van der Waals surface area contributed by atoms with Crippen LogP contribution in [-0.2, 0) is 38.0 Å². The van der Waals surface area contributed by atoms with Gasteiger partial charge in [0.05, 0.1) is 19.8 Å². The first-order valence-electron chi connectivity index (χ1n) is 23.9. The lowest BCUT2D eigenvalue weighted by Gasteiger charge is -2.42. The highest BCUT2D eigenvalue weighted by Gasteiger charge is 2.47. The molecule has 11 atom stereocenters. The van der Waals surface area contributed by atoms with Crippen molar-refractivity contribution < 1.29 is 73.8 Å². The largest absolute Gasteiger partial charge is 0.462 e. The zero-order chi connectivity index (χ0) is 45.4. The van der Waals surface area contributed by atoms with Gasteiger partial charge in [-0.15, -0.1) is 0 Å². The molecule has 0 spiro atoms. The van der Waals surface area contributed by atoms with Gasteiger partial charge in [-0.2, -0.15) is 0 Å².